The molecule has 0 saturated carbocycles. The third kappa shape index (κ3) is 2.61. The van der Waals surface area contributed by atoms with Gasteiger partial charge in [-0.1, -0.05) is 36.4 Å². The zero-order valence-electron chi connectivity index (χ0n) is 10.9. The largest absolute Gasteiger partial charge is 0.330 e. The molecular weight excluding hydrogens is 286 g/mol. The summed E-state index contributed by atoms with van der Waals surface area (Å²) in [5, 5.41) is 10.9. The Morgan fingerprint density at radius 2 is 1.86 bits per heavy atom. The van der Waals surface area contributed by atoms with Crippen LogP contribution >= 0.6 is 12.2 Å². The Bertz CT molecular complexity index is 853. The Hall–Kier alpha value is -2.73. The van der Waals surface area contributed by atoms with Gasteiger partial charge in [0.1, 0.15) is 0 Å². The van der Waals surface area contributed by atoms with Gasteiger partial charge >= 0.3 is 0 Å². The quantitative estimate of drug-likeness (QED) is 0.449. The van der Waals surface area contributed by atoms with Crippen molar-refractivity contribution < 1.29 is 4.92 Å². The second kappa shape index (κ2) is 5.34. The number of nitro benzene ring substituents is 1. The molecule has 0 aliphatic heterocycles. The van der Waals surface area contributed by atoms with Crippen LogP contribution < -0.4 is 0 Å². The maximum atomic E-state index is 10.9. The number of H-pyrrole nitrogens is 1. The molecule has 3 rings (SSSR count). The second-order valence-electron chi connectivity index (χ2n) is 4.49. The number of non-ortho nitro benzene ring substituents is 1. The number of aromatic amines is 1. The zero-order valence-corrected chi connectivity index (χ0v) is 11.7. The van der Waals surface area contributed by atoms with Gasteiger partial charge in [-0.3, -0.25) is 14.7 Å². The molecule has 0 aliphatic rings. The van der Waals surface area contributed by atoms with Crippen molar-refractivity contribution in [2.75, 3.05) is 0 Å². The number of nitrogens with one attached hydrogen (secondary N) is 1. The molecule has 104 valence electrons. The first-order chi connectivity index (χ1) is 10.1. The minimum Gasteiger partial charge on any atom is -0.330 e. The van der Waals surface area contributed by atoms with Gasteiger partial charge in [-0.15, -0.1) is 0 Å². The van der Waals surface area contributed by atoms with E-state index in [1.165, 1.54) is 12.1 Å². The lowest BCUT2D eigenvalue weighted by Gasteiger charge is -2.01. The Labute approximate surface area is 125 Å². The smallest absolute Gasteiger partial charge is 0.271 e. The van der Waals surface area contributed by atoms with Crippen LogP contribution in [0.5, 0.6) is 0 Å². The van der Waals surface area contributed by atoms with Gasteiger partial charge in [-0.25, -0.2) is 0 Å². The Balaban J connectivity index is 2.08. The third-order valence-corrected chi connectivity index (χ3v) is 3.42. The molecule has 6 heteroatoms. The summed E-state index contributed by atoms with van der Waals surface area (Å²) in [6.45, 7) is 0. The fourth-order valence-corrected chi connectivity index (χ4v) is 2.38. The van der Waals surface area contributed by atoms with Gasteiger partial charge < -0.3 is 4.98 Å². The minimum absolute atomic E-state index is 0.0388. The summed E-state index contributed by atoms with van der Waals surface area (Å²) in [6, 6.07) is 16.1. The van der Waals surface area contributed by atoms with Crippen LogP contribution in [0.25, 0.3) is 16.9 Å². The molecule has 5 nitrogen and oxygen atoms in total. The highest BCUT2D eigenvalue weighted by Gasteiger charge is 2.09. The normalized spacial score (nSPS) is 10.5. The lowest BCUT2D eigenvalue weighted by molar-refractivity contribution is -0.384. The van der Waals surface area contributed by atoms with Crippen molar-refractivity contribution in [1.29, 1.82) is 0 Å². The van der Waals surface area contributed by atoms with Crippen molar-refractivity contribution in [2.24, 2.45) is 0 Å². The van der Waals surface area contributed by atoms with E-state index in [2.05, 4.69) is 4.98 Å². The molecule has 0 bridgehead atoms. The second-order valence-corrected chi connectivity index (χ2v) is 4.87. The van der Waals surface area contributed by atoms with Gasteiger partial charge in [0.25, 0.3) is 5.69 Å². The summed E-state index contributed by atoms with van der Waals surface area (Å²) in [6.07, 6.45) is 1.84. The van der Waals surface area contributed by atoms with E-state index in [1.807, 2.05) is 36.5 Å². The van der Waals surface area contributed by atoms with E-state index in [0.29, 0.717) is 10.5 Å². The predicted octanol–water partition coefficient (Wildman–Crippen LogP) is 4.11. The van der Waals surface area contributed by atoms with Crippen molar-refractivity contribution in [1.82, 2.24) is 9.55 Å². The molecule has 1 N–H and O–H groups in total. The molecular formula is C15H11N3O2S. The molecule has 0 amide bonds. The summed E-state index contributed by atoms with van der Waals surface area (Å²) in [5.41, 5.74) is 2.57. The van der Waals surface area contributed by atoms with E-state index in [4.69, 9.17) is 12.2 Å². The lowest BCUT2D eigenvalue weighted by Crippen LogP contribution is -1.94. The molecule has 21 heavy (non-hydrogen) atoms. The van der Waals surface area contributed by atoms with Crippen LogP contribution in [0.2, 0.25) is 0 Å². The Morgan fingerprint density at radius 1 is 1.10 bits per heavy atom. The summed E-state index contributed by atoms with van der Waals surface area (Å²) < 4.78 is 2.22. The first kappa shape index (κ1) is 13.3. The number of aromatic nitrogens is 2. The Kier molecular flexibility index (Phi) is 3.37. The number of imidazole rings is 1. The maximum absolute atomic E-state index is 10.9. The van der Waals surface area contributed by atoms with Crippen molar-refractivity contribution in [3.05, 3.63) is 75.7 Å². The number of hydrogen-bond acceptors (Lipinski definition) is 3. The Morgan fingerprint density at radius 3 is 2.57 bits per heavy atom. The minimum atomic E-state index is -0.419. The number of nitrogens with zero attached hydrogens (tertiary/aromatic N) is 2. The zero-order chi connectivity index (χ0) is 14.8. The average Bonchev–Trinajstić information content (AvgIpc) is 2.90. The first-order valence-corrected chi connectivity index (χ1v) is 6.68. The van der Waals surface area contributed by atoms with Crippen LogP contribution in [-0.4, -0.2) is 14.5 Å². The van der Waals surface area contributed by atoms with Gasteiger partial charge in [0, 0.05) is 18.3 Å². The van der Waals surface area contributed by atoms with Gasteiger partial charge in [0.2, 0.25) is 0 Å². The summed E-state index contributed by atoms with van der Waals surface area (Å²) in [5.74, 6) is 0. The third-order valence-electron chi connectivity index (χ3n) is 3.12. The van der Waals surface area contributed by atoms with Crippen molar-refractivity contribution in [2.45, 2.75) is 0 Å². The van der Waals surface area contributed by atoms with Gasteiger partial charge in [-0.2, -0.15) is 0 Å². The number of benzene rings is 2. The molecule has 0 radical (unpaired) electrons. The molecule has 0 saturated heterocycles. The summed E-state index contributed by atoms with van der Waals surface area (Å²) in [7, 11) is 0. The highest BCUT2D eigenvalue weighted by molar-refractivity contribution is 7.71. The fraction of sp³-hybridized carbons (Fsp3) is 0. The number of nitro groups is 1. The molecule has 0 atom stereocenters. The molecule has 0 spiro atoms. The average molecular weight is 297 g/mol. The van der Waals surface area contributed by atoms with Crippen molar-refractivity contribution in [3.8, 4) is 16.9 Å². The van der Waals surface area contributed by atoms with Crippen LogP contribution in [0.15, 0.2) is 60.8 Å². The van der Waals surface area contributed by atoms with E-state index in [1.54, 1.807) is 16.7 Å². The van der Waals surface area contributed by atoms with Gasteiger partial charge in [-0.05, 0) is 23.8 Å². The number of rotatable bonds is 3. The monoisotopic (exact) mass is 297 g/mol. The standard InChI is InChI=1S/C15H11N3O2S/c19-18(20)13-8-4-7-12(9-13)17-10-14(16-15(17)21)11-5-2-1-3-6-11/h1-10H,(H,16,21). The van der Waals surface area contributed by atoms with Crippen molar-refractivity contribution in [3.63, 3.8) is 0 Å². The molecule has 3 aromatic rings. The van der Waals surface area contributed by atoms with E-state index in [9.17, 15) is 10.1 Å². The SMILES string of the molecule is O=[N+]([O-])c1cccc(-n2cc(-c3ccccc3)[nH]c2=S)c1. The topological polar surface area (TPSA) is 63.9 Å². The molecule has 0 fully saturated rings. The van der Waals surface area contributed by atoms with Gasteiger partial charge in [0.05, 0.1) is 16.3 Å². The fourth-order valence-electron chi connectivity index (χ4n) is 2.11. The number of hydrogen-bond donors (Lipinski definition) is 1. The highest BCUT2D eigenvalue weighted by atomic mass is 32.1. The van der Waals surface area contributed by atoms with Crippen LogP contribution in [0.3, 0.4) is 0 Å². The van der Waals surface area contributed by atoms with E-state index in [-0.39, 0.29) is 5.69 Å². The summed E-state index contributed by atoms with van der Waals surface area (Å²) >= 11 is 5.30. The van der Waals surface area contributed by atoms with E-state index >= 15 is 0 Å². The van der Waals surface area contributed by atoms with Crippen LogP contribution in [0.1, 0.15) is 0 Å². The summed E-state index contributed by atoms with van der Waals surface area (Å²) in [4.78, 5) is 13.6. The van der Waals surface area contributed by atoms with Gasteiger partial charge in [0.15, 0.2) is 4.77 Å². The molecule has 1 aromatic heterocycles. The van der Waals surface area contributed by atoms with E-state index < -0.39 is 4.92 Å². The first-order valence-electron chi connectivity index (χ1n) is 6.27. The highest BCUT2D eigenvalue weighted by Crippen LogP contribution is 2.22. The molecule has 0 aliphatic carbocycles. The van der Waals surface area contributed by atoms with E-state index in [0.717, 1.165) is 11.3 Å². The molecule has 1 heterocycles. The lowest BCUT2D eigenvalue weighted by atomic mass is 10.2. The van der Waals surface area contributed by atoms with Crippen LogP contribution in [0.4, 0.5) is 5.69 Å². The molecule has 0 unspecified atom stereocenters. The maximum Gasteiger partial charge on any atom is 0.271 e. The van der Waals surface area contributed by atoms with Crippen LogP contribution in [0, 0.1) is 14.9 Å². The molecule has 2 aromatic carbocycles. The predicted molar refractivity (Wildman–Crippen MR) is 83.0 cm³/mol. The van der Waals surface area contributed by atoms with Crippen LogP contribution in [-0.2, 0) is 0 Å². The van der Waals surface area contributed by atoms with Crippen molar-refractivity contribution >= 4 is 17.9 Å².